The summed E-state index contributed by atoms with van der Waals surface area (Å²) in [4.78, 5) is 0.239. The molecule has 0 atom stereocenters. The predicted molar refractivity (Wildman–Crippen MR) is 55.5 cm³/mol. The zero-order chi connectivity index (χ0) is 11.1. The van der Waals surface area contributed by atoms with Gasteiger partial charge in [-0.1, -0.05) is 11.3 Å². The van der Waals surface area contributed by atoms with Gasteiger partial charge in [0.25, 0.3) is 0 Å². The van der Waals surface area contributed by atoms with Gasteiger partial charge in [0.05, 0.1) is 17.1 Å². The highest BCUT2D eigenvalue weighted by Crippen LogP contribution is 2.29. The maximum absolute atomic E-state index is 11.3. The quantitative estimate of drug-likeness (QED) is 0.712. The van der Waals surface area contributed by atoms with Gasteiger partial charge >= 0.3 is 0 Å². The van der Waals surface area contributed by atoms with E-state index in [1.54, 1.807) is 12.1 Å². The first kappa shape index (κ1) is 10.4. The molecule has 1 aliphatic rings. The van der Waals surface area contributed by atoms with Gasteiger partial charge in [-0.3, -0.25) is 0 Å². The number of benzene rings is 1. The fraction of sp³-hybridized carbons (Fsp3) is 0.250. The molecule has 7 heteroatoms. The number of fused-ring (bicyclic) bond motifs is 1. The van der Waals surface area contributed by atoms with Crippen molar-refractivity contribution in [1.29, 1.82) is 0 Å². The molecule has 0 N–H and O–H groups in total. The molecule has 0 bridgehead atoms. The molecule has 0 saturated heterocycles. The molecule has 1 aromatic carbocycles. The highest BCUT2D eigenvalue weighted by molar-refractivity contribution is 7.90. The lowest BCUT2D eigenvalue weighted by Crippen LogP contribution is -2.07. The lowest BCUT2D eigenvalue weighted by atomic mass is 10.2. The minimum absolute atomic E-state index is 0.239. The zero-order valence-electron chi connectivity index (χ0n) is 7.88. The summed E-state index contributed by atoms with van der Waals surface area (Å²) < 4.78 is 23.7. The average Bonchev–Trinajstić information content (AvgIpc) is 2.15. The second kappa shape index (κ2) is 3.46. The van der Waals surface area contributed by atoms with Gasteiger partial charge in [0, 0.05) is 23.6 Å². The van der Waals surface area contributed by atoms with Crippen molar-refractivity contribution in [3.05, 3.63) is 23.8 Å². The van der Waals surface area contributed by atoms with Gasteiger partial charge in [-0.2, -0.15) is 4.53 Å². The minimum Gasteiger partial charge on any atom is -0.224 e. The number of hydrogen-bond donors (Lipinski definition) is 0. The Hall–Kier alpha value is -1.14. The fourth-order valence-corrected chi connectivity index (χ4v) is 2.07. The van der Waals surface area contributed by atoms with E-state index in [0.29, 0.717) is 12.2 Å². The molecule has 1 aromatic rings. The summed E-state index contributed by atoms with van der Waals surface area (Å²) in [6.07, 6.45) is 1.16. The van der Waals surface area contributed by atoms with Crippen molar-refractivity contribution in [2.45, 2.75) is 11.4 Å². The molecule has 15 heavy (non-hydrogen) atoms. The Morgan fingerprint density at radius 3 is 2.87 bits per heavy atom. The van der Waals surface area contributed by atoms with Crippen molar-refractivity contribution in [2.24, 2.45) is 10.3 Å². The van der Waals surface area contributed by atoms with Crippen LogP contribution in [0.25, 0.3) is 0 Å². The minimum atomic E-state index is -3.20. The second-order valence-corrected chi connectivity index (χ2v) is 5.65. The molecular weight excluding hydrogens is 238 g/mol. The summed E-state index contributed by atoms with van der Waals surface area (Å²) in [5.74, 6) is 0. The van der Waals surface area contributed by atoms with Crippen molar-refractivity contribution in [2.75, 3.05) is 6.26 Å². The summed E-state index contributed by atoms with van der Waals surface area (Å²) in [6.45, 7) is 0.421. The molecule has 5 nitrogen and oxygen atoms in total. The lowest BCUT2D eigenvalue weighted by molar-refractivity contribution is 0.436. The van der Waals surface area contributed by atoms with Crippen molar-refractivity contribution in [1.82, 2.24) is 4.53 Å². The Kier molecular flexibility index (Phi) is 2.40. The molecule has 2 rings (SSSR count). The number of hydrogen-bond acceptors (Lipinski definition) is 5. The van der Waals surface area contributed by atoms with E-state index >= 15 is 0 Å². The molecule has 0 amide bonds. The SMILES string of the molecule is CS(=O)(=O)c1ccc2c(c1)N=NN(Cl)C2. The molecule has 0 unspecified atom stereocenters. The van der Waals surface area contributed by atoms with E-state index < -0.39 is 9.84 Å². The summed E-state index contributed by atoms with van der Waals surface area (Å²) in [5, 5.41) is 7.43. The maximum atomic E-state index is 11.3. The first-order valence-corrected chi connectivity index (χ1v) is 6.38. The van der Waals surface area contributed by atoms with Crippen LogP contribution in [0.1, 0.15) is 5.56 Å². The van der Waals surface area contributed by atoms with Gasteiger partial charge < -0.3 is 0 Å². The Bertz CT molecular complexity index is 527. The number of nitrogens with zero attached hydrogens (tertiary/aromatic N) is 3. The van der Waals surface area contributed by atoms with Crippen LogP contribution in [0.4, 0.5) is 5.69 Å². The smallest absolute Gasteiger partial charge is 0.175 e. The Morgan fingerprint density at radius 1 is 1.47 bits per heavy atom. The monoisotopic (exact) mass is 245 g/mol. The molecule has 0 aliphatic carbocycles. The molecule has 1 aliphatic heterocycles. The predicted octanol–water partition coefficient (Wildman–Crippen LogP) is 2.06. The summed E-state index contributed by atoms with van der Waals surface area (Å²) in [7, 11) is -3.20. The fourth-order valence-electron chi connectivity index (χ4n) is 1.27. The highest BCUT2D eigenvalue weighted by Gasteiger charge is 2.15. The van der Waals surface area contributed by atoms with E-state index in [1.807, 2.05) is 0 Å². The Labute approximate surface area is 92.4 Å². The standard InChI is InChI=1S/C8H8ClN3O2S/c1-15(13,14)7-3-2-6-5-12(9)11-10-8(6)4-7/h2-4H,5H2,1H3. The van der Waals surface area contributed by atoms with Crippen molar-refractivity contribution >= 4 is 27.3 Å². The van der Waals surface area contributed by atoms with Crippen LogP contribution in [-0.4, -0.2) is 19.2 Å². The third-order valence-corrected chi connectivity index (χ3v) is 3.33. The summed E-state index contributed by atoms with van der Waals surface area (Å²) in [6, 6.07) is 4.73. The van der Waals surface area contributed by atoms with Crippen LogP contribution in [-0.2, 0) is 16.4 Å². The van der Waals surface area contributed by atoms with Crippen LogP contribution >= 0.6 is 11.8 Å². The van der Waals surface area contributed by atoms with E-state index in [2.05, 4.69) is 10.3 Å². The molecule has 1 heterocycles. The molecule has 0 aromatic heterocycles. The second-order valence-electron chi connectivity index (χ2n) is 3.25. The number of sulfone groups is 1. The average molecular weight is 246 g/mol. The van der Waals surface area contributed by atoms with Crippen molar-refractivity contribution < 1.29 is 8.42 Å². The van der Waals surface area contributed by atoms with Gasteiger partial charge in [-0.05, 0) is 12.1 Å². The molecule has 0 radical (unpaired) electrons. The van der Waals surface area contributed by atoms with Gasteiger partial charge in [-0.25, -0.2) is 8.42 Å². The van der Waals surface area contributed by atoms with E-state index in [4.69, 9.17) is 11.8 Å². The molecule has 0 saturated carbocycles. The molecule has 0 fully saturated rings. The normalized spacial score (nSPS) is 15.2. The van der Waals surface area contributed by atoms with Crippen LogP contribution in [0.15, 0.2) is 33.4 Å². The Morgan fingerprint density at radius 2 is 2.20 bits per heavy atom. The topological polar surface area (TPSA) is 62.1 Å². The van der Waals surface area contributed by atoms with E-state index in [1.165, 1.54) is 10.6 Å². The van der Waals surface area contributed by atoms with Crippen LogP contribution < -0.4 is 0 Å². The third-order valence-electron chi connectivity index (χ3n) is 2.04. The van der Waals surface area contributed by atoms with Gasteiger partial charge in [0.15, 0.2) is 9.84 Å². The highest BCUT2D eigenvalue weighted by atomic mass is 35.5. The molecule has 80 valence electrons. The number of halogens is 1. The third kappa shape index (κ3) is 2.10. The van der Waals surface area contributed by atoms with Gasteiger partial charge in [0.1, 0.15) is 0 Å². The maximum Gasteiger partial charge on any atom is 0.175 e. The lowest BCUT2D eigenvalue weighted by Gasteiger charge is -2.15. The summed E-state index contributed by atoms with van der Waals surface area (Å²) >= 11 is 5.63. The van der Waals surface area contributed by atoms with Gasteiger partial charge in [0.2, 0.25) is 0 Å². The molecule has 0 spiro atoms. The van der Waals surface area contributed by atoms with E-state index in [9.17, 15) is 8.42 Å². The van der Waals surface area contributed by atoms with Crippen LogP contribution in [0, 0.1) is 0 Å². The summed E-state index contributed by atoms with van der Waals surface area (Å²) in [5.41, 5.74) is 1.40. The van der Waals surface area contributed by atoms with Crippen LogP contribution in [0.2, 0.25) is 0 Å². The molecular formula is C8H8ClN3O2S. The number of rotatable bonds is 1. The largest absolute Gasteiger partial charge is 0.224 e. The Balaban J connectivity index is 2.51. The van der Waals surface area contributed by atoms with Gasteiger partial charge in [-0.15, -0.1) is 5.11 Å². The van der Waals surface area contributed by atoms with Crippen LogP contribution in [0.5, 0.6) is 0 Å². The first-order chi connectivity index (χ1) is 6.97. The van der Waals surface area contributed by atoms with Crippen LogP contribution in [0.3, 0.4) is 0 Å². The van der Waals surface area contributed by atoms with E-state index in [0.717, 1.165) is 11.8 Å². The first-order valence-electron chi connectivity index (χ1n) is 4.15. The van der Waals surface area contributed by atoms with Crippen molar-refractivity contribution in [3.8, 4) is 0 Å². The van der Waals surface area contributed by atoms with Crippen molar-refractivity contribution in [3.63, 3.8) is 0 Å². The van der Waals surface area contributed by atoms with E-state index in [-0.39, 0.29) is 4.90 Å². The zero-order valence-corrected chi connectivity index (χ0v) is 9.46.